The Balaban J connectivity index is 1.48. The van der Waals surface area contributed by atoms with Crippen LogP contribution in [-0.2, 0) is 0 Å². The van der Waals surface area contributed by atoms with Crippen LogP contribution in [0.25, 0.3) is 28.0 Å². The van der Waals surface area contributed by atoms with Gasteiger partial charge in [-0.15, -0.1) is 0 Å². The van der Waals surface area contributed by atoms with Crippen molar-refractivity contribution in [2.75, 3.05) is 0 Å². The molecule has 29 heavy (non-hydrogen) atoms. The lowest BCUT2D eigenvalue weighted by Crippen LogP contribution is -1.93. The number of hydrogen-bond acceptors (Lipinski definition) is 3. The van der Waals surface area contributed by atoms with E-state index in [1.807, 2.05) is 67.8 Å². The zero-order valence-electron chi connectivity index (χ0n) is 16.0. The largest absolute Gasteiger partial charge is 0.457 e. The first-order valence-corrected chi connectivity index (χ1v) is 9.50. The molecule has 0 saturated carbocycles. The highest BCUT2D eigenvalue weighted by atomic mass is 16.5. The normalized spacial score (nSPS) is 10.9. The second kappa shape index (κ2) is 7.24. The third kappa shape index (κ3) is 3.48. The smallest absolute Gasteiger partial charge is 0.127 e. The van der Waals surface area contributed by atoms with E-state index in [0.717, 1.165) is 45.2 Å². The van der Waals surface area contributed by atoms with E-state index in [2.05, 4.69) is 50.9 Å². The quantitative estimate of drug-likeness (QED) is 0.376. The molecular formula is C25H19N3O. The standard InChI is InChI=1S/C25H19N3O/c1-18-7-8-20(15-26-18)24-17-28-21(16-27-24)11-14-25(28)19-9-12-23(13-10-19)29-22-5-3-2-4-6-22/h2-17H,1H3. The molecule has 0 aliphatic rings. The van der Waals surface area contributed by atoms with Gasteiger partial charge in [0.05, 0.1) is 23.1 Å². The van der Waals surface area contributed by atoms with E-state index >= 15 is 0 Å². The van der Waals surface area contributed by atoms with Gasteiger partial charge in [-0.3, -0.25) is 9.97 Å². The number of aryl methyl sites for hydroxylation is 1. The minimum atomic E-state index is 0.814. The van der Waals surface area contributed by atoms with Gasteiger partial charge in [0.2, 0.25) is 0 Å². The van der Waals surface area contributed by atoms with Gasteiger partial charge in [0.1, 0.15) is 11.5 Å². The molecule has 0 bridgehead atoms. The van der Waals surface area contributed by atoms with Gasteiger partial charge in [0.25, 0.3) is 0 Å². The minimum Gasteiger partial charge on any atom is -0.457 e. The summed E-state index contributed by atoms with van der Waals surface area (Å²) in [7, 11) is 0. The summed E-state index contributed by atoms with van der Waals surface area (Å²) < 4.78 is 8.06. The highest BCUT2D eigenvalue weighted by molar-refractivity contribution is 5.69. The van der Waals surface area contributed by atoms with Crippen LogP contribution >= 0.6 is 0 Å². The number of ether oxygens (including phenoxy) is 1. The molecule has 0 amide bonds. The Morgan fingerprint density at radius 2 is 1.45 bits per heavy atom. The molecule has 0 aliphatic carbocycles. The van der Waals surface area contributed by atoms with Crippen LogP contribution in [0.1, 0.15) is 5.69 Å². The Bertz CT molecular complexity index is 1260. The Labute approximate surface area is 169 Å². The Morgan fingerprint density at radius 1 is 0.690 bits per heavy atom. The van der Waals surface area contributed by atoms with Crippen LogP contribution in [0.4, 0.5) is 0 Å². The minimum absolute atomic E-state index is 0.814. The van der Waals surface area contributed by atoms with Crippen molar-refractivity contribution < 1.29 is 4.74 Å². The number of benzene rings is 2. The summed E-state index contributed by atoms with van der Waals surface area (Å²) in [5, 5.41) is 0. The van der Waals surface area contributed by atoms with E-state index in [4.69, 9.17) is 4.74 Å². The molecule has 3 aromatic heterocycles. The lowest BCUT2D eigenvalue weighted by atomic mass is 10.1. The van der Waals surface area contributed by atoms with E-state index in [-0.39, 0.29) is 0 Å². The summed E-state index contributed by atoms with van der Waals surface area (Å²) in [5.74, 6) is 1.64. The zero-order chi connectivity index (χ0) is 19.6. The number of para-hydroxylation sites is 1. The van der Waals surface area contributed by atoms with Gasteiger partial charge >= 0.3 is 0 Å². The van der Waals surface area contributed by atoms with Crippen molar-refractivity contribution in [3.8, 4) is 34.0 Å². The maximum atomic E-state index is 5.90. The van der Waals surface area contributed by atoms with E-state index in [1.165, 1.54) is 0 Å². The molecule has 0 fully saturated rings. The maximum absolute atomic E-state index is 5.90. The van der Waals surface area contributed by atoms with Crippen molar-refractivity contribution >= 4 is 5.52 Å². The van der Waals surface area contributed by atoms with Gasteiger partial charge in [-0.05, 0) is 73.2 Å². The highest BCUT2D eigenvalue weighted by Gasteiger charge is 2.08. The molecule has 5 rings (SSSR count). The molecule has 0 radical (unpaired) electrons. The average molecular weight is 377 g/mol. The first kappa shape index (κ1) is 17.2. The molecule has 2 aromatic carbocycles. The van der Waals surface area contributed by atoms with Gasteiger partial charge in [0.15, 0.2) is 0 Å². The maximum Gasteiger partial charge on any atom is 0.127 e. The van der Waals surface area contributed by atoms with Crippen molar-refractivity contribution in [2.24, 2.45) is 0 Å². The number of aromatic nitrogens is 3. The van der Waals surface area contributed by atoms with Crippen molar-refractivity contribution in [3.05, 3.63) is 103 Å². The fourth-order valence-electron chi connectivity index (χ4n) is 3.33. The molecule has 0 atom stereocenters. The van der Waals surface area contributed by atoms with Gasteiger partial charge in [0, 0.05) is 23.7 Å². The lowest BCUT2D eigenvalue weighted by Gasteiger charge is -2.08. The summed E-state index contributed by atoms with van der Waals surface area (Å²) in [5.41, 5.74) is 6.16. The van der Waals surface area contributed by atoms with Crippen LogP contribution in [0.15, 0.2) is 97.5 Å². The summed E-state index contributed by atoms with van der Waals surface area (Å²) in [6, 6.07) is 26.2. The van der Waals surface area contributed by atoms with Crippen LogP contribution < -0.4 is 4.74 Å². The van der Waals surface area contributed by atoms with Crippen LogP contribution in [-0.4, -0.2) is 14.4 Å². The van der Waals surface area contributed by atoms with Crippen molar-refractivity contribution in [2.45, 2.75) is 6.92 Å². The highest BCUT2D eigenvalue weighted by Crippen LogP contribution is 2.28. The Hall–Kier alpha value is -3.92. The molecule has 0 aliphatic heterocycles. The van der Waals surface area contributed by atoms with Gasteiger partial charge in [-0.2, -0.15) is 0 Å². The van der Waals surface area contributed by atoms with Gasteiger partial charge < -0.3 is 9.14 Å². The predicted molar refractivity (Wildman–Crippen MR) is 115 cm³/mol. The predicted octanol–water partition coefficient (Wildman–Crippen LogP) is 6.16. The fraction of sp³-hybridized carbons (Fsp3) is 0.0400. The second-order valence-electron chi connectivity index (χ2n) is 6.91. The Kier molecular flexibility index (Phi) is 4.30. The van der Waals surface area contributed by atoms with E-state index < -0.39 is 0 Å². The van der Waals surface area contributed by atoms with Crippen LogP contribution in [0, 0.1) is 6.92 Å². The van der Waals surface area contributed by atoms with Crippen molar-refractivity contribution in [3.63, 3.8) is 0 Å². The van der Waals surface area contributed by atoms with E-state index in [1.54, 1.807) is 0 Å². The Morgan fingerprint density at radius 3 is 2.21 bits per heavy atom. The van der Waals surface area contributed by atoms with Crippen LogP contribution in [0.5, 0.6) is 11.5 Å². The fourth-order valence-corrected chi connectivity index (χ4v) is 3.33. The number of hydrogen-bond donors (Lipinski definition) is 0. The molecule has 4 nitrogen and oxygen atoms in total. The van der Waals surface area contributed by atoms with Gasteiger partial charge in [-0.1, -0.05) is 18.2 Å². The third-order valence-electron chi connectivity index (χ3n) is 4.87. The molecule has 4 heteroatoms. The molecule has 140 valence electrons. The summed E-state index contributed by atoms with van der Waals surface area (Å²) >= 11 is 0. The van der Waals surface area contributed by atoms with E-state index in [0.29, 0.717) is 0 Å². The number of pyridine rings is 1. The molecule has 3 heterocycles. The number of nitrogens with zero attached hydrogens (tertiary/aromatic N) is 3. The van der Waals surface area contributed by atoms with Crippen molar-refractivity contribution in [1.29, 1.82) is 0 Å². The van der Waals surface area contributed by atoms with E-state index in [9.17, 15) is 0 Å². The number of rotatable bonds is 4. The SMILES string of the molecule is Cc1ccc(-c2cn3c(-c4ccc(Oc5ccccc5)cc4)ccc3cn2)cn1. The molecule has 0 unspecified atom stereocenters. The molecule has 0 saturated heterocycles. The zero-order valence-corrected chi connectivity index (χ0v) is 16.0. The molecule has 0 N–H and O–H groups in total. The molecule has 5 aromatic rings. The first-order valence-electron chi connectivity index (χ1n) is 9.50. The lowest BCUT2D eigenvalue weighted by molar-refractivity contribution is 0.483. The summed E-state index contributed by atoms with van der Waals surface area (Å²) in [6.45, 7) is 1.98. The monoisotopic (exact) mass is 377 g/mol. The van der Waals surface area contributed by atoms with Crippen LogP contribution in [0.3, 0.4) is 0 Å². The topological polar surface area (TPSA) is 39.4 Å². The van der Waals surface area contributed by atoms with Crippen LogP contribution in [0.2, 0.25) is 0 Å². The third-order valence-corrected chi connectivity index (χ3v) is 4.87. The molecule has 0 spiro atoms. The van der Waals surface area contributed by atoms with Gasteiger partial charge in [-0.25, -0.2) is 0 Å². The van der Waals surface area contributed by atoms with Crippen molar-refractivity contribution in [1.82, 2.24) is 14.4 Å². The second-order valence-corrected chi connectivity index (χ2v) is 6.91. The number of fused-ring (bicyclic) bond motifs is 1. The first-order chi connectivity index (χ1) is 14.3. The average Bonchev–Trinajstić information content (AvgIpc) is 3.19. The summed E-state index contributed by atoms with van der Waals surface area (Å²) in [4.78, 5) is 8.98. The molecular weight excluding hydrogens is 358 g/mol. The summed E-state index contributed by atoms with van der Waals surface area (Å²) in [6.07, 6.45) is 5.82.